The van der Waals surface area contributed by atoms with E-state index in [-0.39, 0.29) is 11.8 Å². The van der Waals surface area contributed by atoms with Crippen molar-refractivity contribution in [3.8, 4) is 17.3 Å². The van der Waals surface area contributed by atoms with E-state index in [9.17, 15) is 5.26 Å². The highest BCUT2D eigenvalue weighted by Crippen LogP contribution is 2.36. The molecule has 1 aliphatic carbocycles. The van der Waals surface area contributed by atoms with Crippen molar-refractivity contribution in [2.24, 2.45) is 5.92 Å². The van der Waals surface area contributed by atoms with E-state index in [1.807, 2.05) is 33.9 Å². The number of rotatable bonds is 8. The minimum absolute atomic E-state index is 0.139. The van der Waals surface area contributed by atoms with Crippen molar-refractivity contribution in [3.05, 3.63) is 31.0 Å². The van der Waals surface area contributed by atoms with E-state index >= 15 is 0 Å². The Morgan fingerprint density at radius 1 is 1.26 bits per heavy atom. The van der Waals surface area contributed by atoms with Gasteiger partial charge in [0.05, 0.1) is 38.5 Å². The summed E-state index contributed by atoms with van der Waals surface area (Å²) in [6.07, 6.45) is 12.9. The first-order chi connectivity index (χ1) is 14.9. The van der Waals surface area contributed by atoms with Gasteiger partial charge in [-0.2, -0.15) is 10.4 Å². The molecule has 0 N–H and O–H groups in total. The maximum atomic E-state index is 9.34. The quantitative estimate of drug-likeness (QED) is 0.454. The smallest absolute Gasteiger partial charge is 0.145 e. The highest BCUT2D eigenvalue weighted by Gasteiger charge is 2.27. The first-order valence-corrected chi connectivity index (χ1v) is 14.8. The van der Waals surface area contributed by atoms with Crippen LogP contribution in [-0.4, -0.2) is 38.1 Å². The molecule has 0 radical (unpaired) electrons. The number of hydrogen-bond donors (Lipinski definition) is 0. The lowest BCUT2D eigenvalue weighted by Gasteiger charge is -2.25. The van der Waals surface area contributed by atoms with Crippen LogP contribution in [-0.2, 0) is 11.5 Å². The van der Waals surface area contributed by atoms with Crippen molar-refractivity contribution in [3.63, 3.8) is 0 Å². The molecule has 3 heterocycles. The van der Waals surface area contributed by atoms with E-state index < -0.39 is 8.07 Å². The second-order valence-electron chi connectivity index (χ2n) is 9.73. The third-order valence-corrected chi connectivity index (χ3v) is 9.30. The van der Waals surface area contributed by atoms with Crippen LogP contribution in [0.3, 0.4) is 0 Å². The Kier molecular flexibility index (Phi) is 6.26. The lowest BCUT2D eigenvalue weighted by molar-refractivity contribution is 0.0589. The van der Waals surface area contributed by atoms with Crippen molar-refractivity contribution in [1.82, 2.24) is 24.3 Å². The molecule has 0 aliphatic heterocycles. The standard InChI is InChI=1S/C23H32N6OSi/c1-17(31(2,3)4)30-16-28-12-10-20-22(25-15-26-23(20)28)19-13-27-29(14-19)21(9-11-24)18-7-5-6-8-18/h10,12-15,17-18,21H,5-9,16H2,1-4H3. The molecule has 2 unspecified atom stereocenters. The lowest BCUT2D eigenvalue weighted by atomic mass is 9.96. The molecule has 0 saturated heterocycles. The van der Waals surface area contributed by atoms with Crippen LogP contribution in [0.1, 0.15) is 45.1 Å². The largest absolute Gasteiger partial charge is 0.361 e. The number of ether oxygens (including phenoxy) is 1. The molecule has 7 nitrogen and oxygen atoms in total. The third-order valence-electron chi connectivity index (χ3n) is 6.70. The maximum Gasteiger partial charge on any atom is 0.145 e. The summed E-state index contributed by atoms with van der Waals surface area (Å²) in [5.41, 5.74) is 2.96. The number of nitrogens with zero attached hydrogens (tertiary/aromatic N) is 6. The van der Waals surface area contributed by atoms with Gasteiger partial charge in [0.15, 0.2) is 0 Å². The molecule has 0 amide bonds. The minimum atomic E-state index is -1.35. The second-order valence-corrected chi connectivity index (χ2v) is 15.3. The second kappa shape index (κ2) is 8.93. The van der Waals surface area contributed by atoms with Gasteiger partial charge in [0.2, 0.25) is 0 Å². The first kappa shape index (κ1) is 21.7. The van der Waals surface area contributed by atoms with Crippen molar-refractivity contribution in [1.29, 1.82) is 5.26 Å². The van der Waals surface area contributed by atoms with Gasteiger partial charge in [-0.15, -0.1) is 0 Å². The van der Waals surface area contributed by atoms with Gasteiger partial charge in [0, 0.05) is 29.1 Å². The van der Waals surface area contributed by atoms with Crippen LogP contribution in [0.4, 0.5) is 0 Å². The van der Waals surface area contributed by atoms with Gasteiger partial charge < -0.3 is 9.30 Å². The first-order valence-electron chi connectivity index (χ1n) is 11.2. The molecule has 4 rings (SSSR count). The molecular weight excluding hydrogens is 404 g/mol. The number of nitriles is 1. The Morgan fingerprint density at radius 2 is 2.03 bits per heavy atom. The molecule has 0 aromatic carbocycles. The fourth-order valence-electron chi connectivity index (χ4n) is 4.33. The molecule has 1 fully saturated rings. The van der Waals surface area contributed by atoms with E-state index in [0.717, 1.165) is 22.3 Å². The van der Waals surface area contributed by atoms with Crippen molar-refractivity contribution in [2.75, 3.05) is 0 Å². The summed E-state index contributed by atoms with van der Waals surface area (Å²) in [6.45, 7) is 9.59. The molecule has 31 heavy (non-hydrogen) atoms. The Hall–Kier alpha value is -2.50. The zero-order valence-corrected chi connectivity index (χ0v) is 20.0. The van der Waals surface area contributed by atoms with Crippen LogP contribution >= 0.6 is 0 Å². The summed E-state index contributed by atoms with van der Waals surface area (Å²) in [7, 11) is -1.35. The van der Waals surface area contributed by atoms with Crippen LogP contribution in [0.25, 0.3) is 22.3 Å². The molecule has 2 atom stereocenters. The third kappa shape index (κ3) is 4.58. The van der Waals surface area contributed by atoms with Crippen molar-refractivity contribution < 1.29 is 4.74 Å². The van der Waals surface area contributed by atoms with E-state index in [0.29, 0.717) is 19.1 Å². The van der Waals surface area contributed by atoms with Crippen LogP contribution in [0.15, 0.2) is 31.0 Å². The van der Waals surface area contributed by atoms with Crippen molar-refractivity contribution >= 4 is 19.1 Å². The van der Waals surface area contributed by atoms with E-state index in [1.54, 1.807) is 6.33 Å². The summed E-state index contributed by atoms with van der Waals surface area (Å²) in [6, 6.07) is 4.55. The summed E-state index contributed by atoms with van der Waals surface area (Å²) >= 11 is 0. The van der Waals surface area contributed by atoms with E-state index in [2.05, 4.69) is 47.7 Å². The van der Waals surface area contributed by atoms with Gasteiger partial charge in [-0.3, -0.25) is 4.68 Å². The fraction of sp³-hybridized carbons (Fsp3) is 0.565. The molecule has 1 aliphatic rings. The zero-order valence-electron chi connectivity index (χ0n) is 19.0. The Bertz CT molecular complexity index is 1070. The van der Waals surface area contributed by atoms with Gasteiger partial charge in [-0.1, -0.05) is 32.5 Å². The van der Waals surface area contributed by atoms with Crippen LogP contribution < -0.4 is 0 Å². The topological polar surface area (TPSA) is 81.5 Å². The molecule has 3 aromatic rings. The Morgan fingerprint density at radius 3 is 2.74 bits per heavy atom. The maximum absolute atomic E-state index is 9.34. The molecule has 0 bridgehead atoms. The normalized spacial score (nSPS) is 17.1. The average Bonchev–Trinajstić information content (AvgIpc) is 3.50. The number of aromatic nitrogens is 5. The monoisotopic (exact) mass is 436 g/mol. The Balaban J connectivity index is 1.59. The summed E-state index contributed by atoms with van der Waals surface area (Å²) in [4.78, 5) is 9.08. The van der Waals surface area contributed by atoms with E-state index in [4.69, 9.17) is 4.74 Å². The summed E-state index contributed by atoms with van der Waals surface area (Å²) in [5.74, 6) is 0.532. The number of fused-ring (bicyclic) bond motifs is 1. The summed E-state index contributed by atoms with van der Waals surface area (Å²) < 4.78 is 10.2. The minimum Gasteiger partial charge on any atom is -0.361 e. The zero-order chi connectivity index (χ0) is 22.0. The fourth-order valence-corrected chi connectivity index (χ4v) is 4.91. The molecule has 164 valence electrons. The summed E-state index contributed by atoms with van der Waals surface area (Å²) in [5, 5.41) is 15.0. The SMILES string of the molecule is CC(OCn1ccc2c(-c3cnn(C(CC#N)C4CCCC4)c3)ncnc21)[Si](C)(C)C. The number of hydrogen-bond acceptors (Lipinski definition) is 5. The van der Waals surface area contributed by atoms with Gasteiger partial charge in [0.1, 0.15) is 18.7 Å². The Labute approximate surface area is 185 Å². The van der Waals surface area contributed by atoms with Crippen LogP contribution in [0, 0.1) is 17.2 Å². The van der Waals surface area contributed by atoms with Crippen LogP contribution in [0.5, 0.6) is 0 Å². The van der Waals surface area contributed by atoms with Crippen molar-refractivity contribution in [2.45, 2.75) is 77.2 Å². The molecular formula is C23H32N6OSi. The predicted octanol–water partition coefficient (Wildman–Crippen LogP) is 5.18. The van der Waals surface area contributed by atoms with Gasteiger partial charge in [-0.25, -0.2) is 9.97 Å². The molecule has 3 aromatic heterocycles. The van der Waals surface area contributed by atoms with Gasteiger partial charge in [-0.05, 0) is 31.7 Å². The van der Waals surface area contributed by atoms with E-state index in [1.165, 1.54) is 25.7 Å². The van der Waals surface area contributed by atoms with Gasteiger partial charge >= 0.3 is 0 Å². The highest BCUT2D eigenvalue weighted by molar-refractivity contribution is 6.77. The predicted molar refractivity (Wildman–Crippen MR) is 124 cm³/mol. The lowest BCUT2D eigenvalue weighted by Crippen LogP contribution is -2.38. The van der Waals surface area contributed by atoms with Crippen LogP contribution in [0.2, 0.25) is 19.6 Å². The molecule has 8 heteroatoms. The highest BCUT2D eigenvalue weighted by atomic mass is 28.3. The average molecular weight is 437 g/mol. The van der Waals surface area contributed by atoms with Gasteiger partial charge in [0.25, 0.3) is 0 Å². The molecule has 1 saturated carbocycles. The molecule has 0 spiro atoms.